The summed E-state index contributed by atoms with van der Waals surface area (Å²) in [5.74, 6) is -0.377. The van der Waals surface area contributed by atoms with Gasteiger partial charge in [0.15, 0.2) is 0 Å². The number of fused-ring (bicyclic) bond motifs is 1. The largest absolute Gasteiger partial charge is 0.493 e. The highest BCUT2D eigenvalue weighted by Gasteiger charge is 2.27. The van der Waals surface area contributed by atoms with Gasteiger partial charge in [0.25, 0.3) is 0 Å². The van der Waals surface area contributed by atoms with E-state index < -0.39 is 10.2 Å². The van der Waals surface area contributed by atoms with E-state index in [1.54, 1.807) is 0 Å². The molecule has 0 spiro atoms. The zero-order valence-electron chi connectivity index (χ0n) is 11.2. The summed E-state index contributed by atoms with van der Waals surface area (Å²) in [5, 5.41) is 11.3. The molecule has 1 heterocycles. The van der Waals surface area contributed by atoms with E-state index >= 15 is 0 Å². The smallest absolute Gasteiger partial charge is 0.326 e. The predicted molar refractivity (Wildman–Crippen MR) is 80.1 cm³/mol. The highest BCUT2D eigenvalue weighted by atomic mass is 32.2. The standard InChI is InChI=1S/C14H15N3O3S/c15-7-10-5-6-11(13-4-2-1-3-12(10)13)8-17-9-14(18)16-21(17,19)20/h1-6,9,16,18H,7-8,15H2. The van der Waals surface area contributed by atoms with Crippen molar-refractivity contribution in [1.29, 1.82) is 0 Å². The Kier molecular flexibility index (Phi) is 3.23. The van der Waals surface area contributed by atoms with Gasteiger partial charge in [-0.15, -0.1) is 0 Å². The Morgan fingerprint density at radius 1 is 1.10 bits per heavy atom. The fraction of sp³-hybridized carbons (Fsp3) is 0.143. The fourth-order valence-corrected chi connectivity index (χ4v) is 3.44. The van der Waals surface area contributed by atoms with Gasteiger partial charge in [-0.05, 0) is 21.9 Å². The molecule has 0 amide bonds. The number of nitrogens with zero attached hydrogens (tertiary/aromatic N) is 1. The van der Waals surface area contributed by atoms with E-state index in [4.69, 9.17) is 5.73 Å². The van der Waals surface area contributed by atoms with Gasteiger partial charge in [-0.2, -0.15) is 8.42 Å². The van der Waals surface area contributed by atoms with Gasteiger partial charge >= 0.3 is 10.2 Å². The van der Waals surface area contributed by atoms with E-state index in [-0.39, 0.29) is 12.4 Å². The van der Waals surface area contributed by atoms with Crippen LogP contribution in [-0.4, -0.2) is 17.8 Å². The summed E-state index contributed by atoms with van der Waals surface area (Å²) >= 11 is 0. The number of nitrogens with one attached hydrogen (secondary N) is 1. The molecule has 1 aliphatic rings. The van der Waals surface area contributed by atoms with Gasteiger partial charge in [-0.25, -0.2) is 4.72 Å². The van der Waals surface area contributed by atoms with E-state index in [9.17, 15) is 13.5 Å². The van der Waals surface area contributed by atoms with Crippen molar-refractivity contribution in [3.8, 4) is 0 Å². The molecule has 2 aromatic rings. The summed E-state index contributed by atoms with van der Waals surface area (Å²) in [7, 11) is -3.70. The highest BCUT2D eigenvalue weighted by molar-refractivity contribution is 7.87. The van der Waals surface area contributed by atoms with Gasteiger partial charge in [-0.1, -0.05) is 36.4 Å². The molecule has 110 valence electrons. The van der Waals surface area contributed by atoms with Gasteiger partial charge < -0.3 is 10.8 Å². The summed E-state index contributed by atoms with van der Waals surface area (Å²) in [6.45, 7) is 0.565. The molecule has 0 saturated carbocycles. The molecule has 0 atom stereocenters. The number of hydrogen-bond acceptors (Lipinski definition) is 4. The van der Waals surface area contributed by atoms with Crippen LogP contribution in [0.1, 0.15) is 11.1 Å². The third-order valence-electron chi connectivity index (χ3n) is 3.46. The minimum Gasteiger partial charge on any atom is -0.493 e. The Labute approximate surface area is 122 Å². The summed E-state index contributed by atoms with van der Waals surface area (Å²) in [5.41, 5.74) is 7.59. The number of hydrogen-bond donors (Lipinski definition) is 3. The zero-order chi connectivity index (χ0) is 15.0. The summed E-state index contributed by atoms with van der Waals surface area (Å²) < 4.78 is 26.7. The van der Waals surface area contributed by atoms with Gasteiger partial charge in [-0.3, -0.25) is 4.31 Å². The lowest BCUT2D eigenvalue weighted by molar-refractivity contribution is 0.390. The number of rotatable bonds is 3. The molecule has 7 heteroatoms. The quantitative estimate of drug-likeness (QED) is 0.796. The zero-order valence-corrected chi connectivity index (χ0v) is 12.0. The Morgan fingerprint density at radius 3 is 2.29 bits per heavy atom. The molecule has 0 radical (unpaired) electrons. The van der Waals surface area contributed by atoms with Crippen LogP contribution < -0.4 is 10.5 Å². The van der Waals surface area contributed by atoms with Crippen LogP contribution in [0, 0.1) is 0 Å². The van der Waals surface area contributed by atoms with E-state index in [2.05, 4.69) is 0 Å². The van der Waals surface area contributed by atoms with Crippen molar-refractivity contribution in [2.75, 3.05) is 0 Å². The molecule has 0 saturated heterocycles. The third-order valence-corrected chi connectivity index (χ3v) is 4.78. The normalized spacial score (nSPS) is 16.8. The Bertz CT molecular complexity index is 830. The van der Waals surface area contributed by atoms with Crippen molar-refractivity contribution >= 4 is 21.0 Å². The molecule has 3 rings (SSSR count). The van der Waals surface area contributed by atoms with Crippen LogP contribution in [0.15, 0.2) is 48.5 Å². The van der Waals surface area contributed by atoms with Crippen LogP contribution in [-0.2, 0) is 23.3 Å². The molecule has 0 bridgehead atoms. The van der Waals surface area contributed by atoms with Gasteiger partial charge in [0.1, 0.15) is 0 Å². The maximum atomic E-state index is 11.8. The number of nitrogens with two attached hydrogens (primary N) is 1. The lowest BCUT2D eigenvalue weighted by Crippen LogP contribution is -2.29. The van der Waals surface area contributed by atoms with Crippen LogP contribution >= 0.6 is 0 Å². The van der Waals surface area contributed by atoms with Gasteiger partial charge in [0.2, 0.25) is 5.88 Å². The number of aliphatic hydroxyl groups is 1. The molecule has 0 aromatic heterocycles. The first-order valence-corrected chi connectivity index (χ1v) is 7.85. The second-order valence-electron chi connectivity index (χ2n) is 4.80. The molecule has 0 fully saturated rings. The fourth-order valence-electron chi connectivity index (χ4n) is 2.46. The van der Waals surface area contributed by atoms with Crippen LogP contribution in [0.2, 0.25) is 0 Å². The number of benzene rings is 2. The Morgan fingerprint density at radius 2 is 1.71 bits per heavy atom. The summed E-state index contributed by atoms with van der Waals surface area (Å²) in [6.07, 6.45) is 1.17. The molecule has 1 aliphatic heterocycles. The van der Waals surface area contributed by atoms with Crippen molar-refractivity contribution < 1.29 is 13.5 Å². The topological polar surface area (TPSA) is 95.7 Å². The average Bonchev–Trinajstić information content (AvgIpc) is 2.71. The summed E-state index contributed by atoms with van der Waals surface area (Å²) in [6, 6.07) is 11.5. The molecular weight excluding hydrogens is 290 g/mol. The third kappa shape index (κ3) is 2.41. The van der Waals surface area contributed by atoms with E-state index in [1.165, 1.54) is 6.20 Å². The Balaban J connectivity index is 2.06. The second-order valence-corrected chi connectivity index (χ2v) is 6.42. The van der Waals surface area contributed by atoms with Crippen molar-refractivity contribution in [3.63, 3.8) is 0 Å². The average molecular weight is 305 g/mol. The van der Waals surface area contributed by atoms with Crippen molar-refractivity contribution in [1.82, 2.24) is 9.03 Å². The first-order valence-electron chi connectivity index (χ1n) is 6.41. The summed E-state index contributed by atoms with van der Waals surface area (Å²) in [4.78, 5) is 0. The second kappa shape index (κ2) is 4.94. The minimum absolute atomic E-state index is 0.144. The van der Waals surface area contributed by atoms with E-state index in [1.807, 2.05) is 41.1 Å². The maximum absolute atomic E-state index is 11.8. The molecule has 0 unspecified atom stereocenters. The number of aliphatic hydroxyl groups excluding tert-OH is 1. The molecule has 21 heavy (non-hydrogen) atoms. The highest BCUT2D eigenvalue weighted by Crippen LogP contribution is 2.25. The van der Waals surface area contributed by atoms with Crippen LogP contribution in [0.4, 0.5) is 0 Å². The van der Waals surface area contributed by atoms with Crippen LogP contribution in [0.25, 0.3) is 10.8 Å². The lowest BCUT2D eigenvalue weighted by Gasteiger charge is -2.16. The van der Waals surface area contributed by atoms with E-state index in [0.29, 0.717) is 6.54 Å². The van der Waals surface area contributed by atoms with Crippen LogP contribution in [0.3, 0.4) is 0 Å². The van der Waals surface area contributed by atoms with Crippen molar-refractivity contribution in [2.45, 2.75) is 13.1 Å². The van der Waals surface area contributed by atoms with Crippen LogP contribution in [0.5, 0.6) is 0 Å². The molecular formula is C14H15N3O3S. The monoisotopic (exact) mass is 305 g/mol. The predicted octanol–water partition coefficient (Wildman–Crippen LogP) is 1.31. The SMILES string of the molecule is NCc1ccc(CN2C=C(O)NS2(=O)=O)c2ccccc12. The van der Waals surface area contributed by atoms with Gasteiger partial charge in [0.05, 0.1) is 12.7 Å². The maximum Gasteiger partial charge on any atom is 0.326 e. The molecule has 0 aliphatic carbocycles. The Hall–Kier alpha value is -2.25. The molecule has 6 nitrogen and oxygen atoms in total. The first-order chi connectivity index (χ1) is 10.0. The molecule has 2 aromatic carbocycles. The lowest BCUT2D eigenvalue weighted by atomic mass is 9.99. The minimum atomic E-state index is -3.70. The molecule has 4 N–H and O–H groups in total. The van der Waals surface area contributed by atoms with Crippen molar-refractivity contribution in [3.05, 3.63) is 59.6 Å². The van der Waals surface area contributed by atoms with E-state index in [0.717, 1.165) is 26.2 Å². The first kappa shape index (κ1) is 13.7. The van der Waals surface area contributed by atoms with Crippen molar-refractivity contribution in [2.24, 2.45) is 5.73 Å². The van der Waals surface area contributed by atoms with Gasteiger partial charge in [0, 0.05) is 6.54 Å².